The number of aliphatic carboxylic acids is 1. The summed E-state index contributed by atoms with van der Waals surface area (Å²) in [4.78, 5) is 12.3. The van der Waals surface area contributed by atoms with Crippen LogP contribution in [0, 0.1) is 13.8 Å². The number of ether oxygens (including phenoxy) is 2. The van der Waals surface area contributed by atoms with Crippen LogP contribution < -0.4 is 9.47 Å². The summed E-state index contributed by atoms with van der Waals surface area (Å²) in [5.74, 6) is 0.809. The lowest BCUT2D eigenvalue weighted by Gasteiger charge is -2.25. The molecule has 0 radical (unpaired) electrons. The van der Waals surface area contributed by atoms with Gasteiger partial charge in [-0.25, -0.2) is 13.3 Å². The van der Waals surface area contributed by atoms with Crippen LogP contribution in [0.25, 0.3) is 0 Å². The summed E-state index contributed by atoms with van der Waals surface area (Å²) in [6.45, 7) is 6.70. The zero-order chi connectivity index (χ0) is 23.0. The van der Waals surface area contributed by atoms with Gasteiger partial charge in [0.25, 0.3) is 0 Å². The van der Waals surface area contributed by atoms with Crippen molar-refractivity contribution in [3.05, 3.63) is 47.5 Å². The van der Waals surface area contributed by atoms with Gasteiger partial charge < -0.3 is 14.6 Å². The van der Waals surface area contributed by atoms with Crippen LogP contribution in [0.5, 0.6) is 11.5 Å². The third-order valence-corrected chi connectivity index (χ3v) is 8.60. The van der Waals surface area contributed by atoms with Gasteiger partial charge in [-0.3, -0.25) is 0 Å². The molecule has 0 aliphatic carbocycles. The topological polar surface area (TPSA) is 76.1 Å². The molecule has 31 heavy (non-hydrogen) atoms. The number of carboxylic acids is 1. The molecule has 1 atom stereocenters. The van der Waals surface area contributed by atoms with Crippen LogP contribution in [-0.4, -0.2) is 52.1 Å². The van der Waals surface area contributed by atoms with Gasteiger partial charge in [0, 0.05) is 34.9 Å². The number of nitrogens with zero attached hydrogens (tertiary/aromatic N) is 1. The predicted molar refractivity (Wildman–Crippen MR) is 128 cm³/mol. The van der Waals surface area contributed by atoms with Crippen molar-refractivity contribution in [2.45, 2.75) is 37.0 Å². The third kappa shape index (κ3) is 7.10. The van der Waals surface area contributed by atoms with Crippen molar-refractivity contribution in [1.82, 2.24) is 4.31 Å². The van der Waals surface area contributed by atoms with Crippen LogP contribution in [0.1, 0.15) is 24.5 Å². The summed E-state index contributed by atoms with van der Waals surface area (Å²) in [7, 11) is -1.29. The first-order valence-corrected chi connectivity index (χ1v) is 13.3. The smallest absolute Gasteiger partial charge is 0.341 e. The Labute approximate surface area is 193 Å². The van der Waals surface area contributed by atoms with E-state index in [1.165, 1.54) is 0 Å². The molecule has 9 heteroatoms. The molecule has 0 fully saturated rings. The minimum atomic E-state index is -2.85. The van der Waals surface area contributed by atoms with Crippen LogP contribution >= 0.6 is 11.8 Å². The molecule has 2 aromatic rings. The predicted octanol–water partition coefficient (Wildman–Crippen LogP) is 4.30. The Kier molecular flexibility index (Phi) is 9.61. The number of carbonyl (C=O) groups is 1. The molecule has 0 amide bonds. The van der Waals surface area contributed by atoms with E-state index in [1.54, 1.807) is 31.0 Å². The molecule has 0 heterocycles. The maximum atomic E-state index is 13.6. The number of rotatable bonds is 12. The van der Waals surface area contributed by atoms with Gasteiger partial charge in [-0.05, 0) is 61.7 Å². The van der Waals surface area contributed by atoms with E-state index < -0.39 is 14.6 Å². The molecule has 0 bridgehead atoms. The van der Waals surface area contributed by atoms with Crippen molar-refractivity contribution >= 4 is 37.6 Å². The molecule has 0 aromatic heterocycles. The van der Waals surface area contributed by atoms with Crippen LogP contribution in [0.15, 0.2) is 46.2 Å². The summed E-state index contributed by atoms with van der Waals surface area (Å²) in [6.07, 6.45) is 0.835. The van der Waals surface area contributed by atoms with Gasteiger partial charge >= 0.3 is 5.97 Å². The highest BCUT2D eigenvalue weighted by atomic mass is 32.8. The fourth-order valence-electron chi connectivity index (χ4n) is 3.01. The molecule has 0 aliphatic heterocycles. The molecular weight excluding hydrogens is 454 g/mol. The van der Waals surface area contributed by atoms with Crippen LogP contribution in [0.3, 0.4) is 0 Å². The van der Waals surface area contributed by atoms with E-state index in [1.807, 2.05) is 49.3 Å². The largest absolute Gasteiger partial charge is 0.495 e. The Morgan fingerprint density at radius 1 is 1.16 bits per heavy atom. The van der Waals surface area contributed by atoms with E-state index >= 15 is 0 Å². The first-order chi connectivity index (χ1) is 14.7. The van der Waals surface area contributed by atoms with Gasteiger partial charge in [0.15, 0.2) is 6.61 Å². The molecule has 0 spiro atoms. The lowest BCUT2D eigenvalue weighted by Crippen LogP contribution is -2.33. The Morgan fingerprint density at radius 2 is 1.90 bits per heavy atom. The lowest BCUT2D eigenvalue weighted by molar-refractivity contribution is -0.139. The third-order valence-electron chi connectivity index (χ3n) is 4.52. The second-order valence-corrected chi connectivity index (χ2v) is 11.4. The Hall–Kier alpha value is -1.81. The normalized spacial score (nSPS) is 13.1. The average Bonchev–Trinajstić information content (AvgIpc) is 2.72. The summed E-state index contributed by atoms with van der Waals surface area (Å²) >= 11 is 7.24. The zero-order valence-corrected chi connectivity index (χ0v) is 20.7. The SMILES string of the molecule is CCCN(CCSc1ccc(OCC(=O)O)c(C)c1)S(=O)(=S)c1ccc(C)cc1OC. The van der Waals surface area contributed by atoms with Gasteiger partial charge in [0.05, 0.1) is 12.0 Å². The van der Waals surface area contributed by atoms with Crippen molar-refractivity contribution in [2.24, 2.45) is 0 Å². The highest BCUT2D eigenvalue weighted by Crippen LogP contribution is 2.30. The summed E-state index contributed by atoms with van der Waals surface area (Å²) < 4.78 is 26.2. The van der Waals surface area contributed by atoms with Crippen molar-refractivity contribution in [3.8, 4) is 11.5 Å². The molecule has 1 N–H and O–H groups in total. The number of carboxylic acid groups (broad SMARTS) is 1. The number of thioether (sulfide) groups is 1. The molecule has 2 rings (SSSR count). The molecule has 6 nitrogen and oxygen atoms in total. The number of hydrogen-bond acceptors (Lipinski definition) is 6. The fourth-order valence-corrected chi connectivity index (χ4v) is 6.62. The standard InChI is InChI=1S/C22H29NO5S3/c1-5-10-23(31(26,29)21-9-6-16(2)13-20(21)27-4)11-12-30-18-7-8-19(17(3)14-18)28-15-22(24)25/h6-9,13-14H,5,10-12,15H2,1-4H3,(H,24,25). The van der Waals surface area contributed by atoms with Gasteiger partial charge in [-0.2, -0.15) is 0 Å². The summed E-state index contributed by atoms with van der Waals surface area (Å²) in [6, 6.07) is 11.2. The quantitative estimate of drug-likeness (QED) is 0.451. The van der Waals surface area contributed by atoms with Crippen LogP contribution in [-0.2, 0) is 24.7 Å². The fraction of sp³-hybridized carbons (Fsp3) is 0.409. The van der Waals surface area contributed by atoms with E-state index in [0.29, 0.717) is 35.2 Å². The molecule has 0 saturated heterocycles. The summed E-state index contributed by atoms with van der Waals surface area (Å²) in [5, 5.41) is 8.75. The van der Waals surface area contributed by atoms with E-state index in [9.17, 15) is 9.00 Å². The maximum absolute atomic E-state index is 13.6. The maximum Gasteiger partial charge on any atom is 0.341 e. The monoisotopic (exact) mass is 483 g/mol. The van der Waals surface area contributed by atoms with Gasteiger partial charge in [0.2, 0.25) is 0 Å². The summed E-state index contributed by atoms with van der Waals surface area (Å²) in [5.41, 5.74) is 1.89. The molecule has 170 valence electrons. The molecule has 2 aromatic carbocycles. The van der Waals surface area contributed by atoms with E-state index in [4.69, 9.17) is 25.8 Å². The molecule has 0 aliphatic rings. The number of aryl methyl sites for hydroxylation is 2. The minimum Gasteiger partial charge on any atom is -0.495 e. The molecular formula is C22H29NO5S3. The van der Waals surface area contributed by atoms with Gasteiger partial charge in [0.1, 0.15) is 20.2 Å². The Balaban J connectivity index is 2.09. The second kappa shape index (κ2) is 11.7. The second-order valence-electron chi connectivity index (χ2n) is 7.02. The van der Waals surface area contributed by atoms with E-state index in [2.05, 4.69) is 0 Å². The van der Waals surface area contributed by atoms with E-state index in [0.717, 1.165) is 22.4 Å². The average molecular weight is 484 g/mol. The van der Waals surface area contributed by atoms with Crippen molar-refractivity contribution in [1.29, 1.82) is 0 Å². The first-order valence-electron chi connectivity index (χ1n) is 9.91. The Morgan fingerprint density at radius 3 is 2.52 bits per heavy atom. The minimum absolute atomic E-state index is 0.366. The molecule has 0 saturated carbocycles. The first kappa shape index (κ1) is 25.5. The van der Waals surface area contributed by atoms with Crippen LogP contribution in [0.2, 0.25) is 0 Å². The number of hydrogen-bond donors (Lipinski definition) is 1. The van der Waals surface area contributed by atoms with Crippen molar-refractivity contribution in [2.75, 3.05) is 32.6 Å². The number of benzene rings is 2. The highest BCUT2D eigenvalue weighted by molar-refractivity contribution is 8.31. The highest BCUT2D eigenvalue weighted by Gasteiger charge is 2.23. The van der Waals surface area contributed by atoms with E-state index in [-0.39, 0.29) is 6.61 Å². The van der Waals surface area contributed by atoms with Crippen molar-refractivity contribution < 1.29 is 23.6 Å². The van der Waals surface area contributed by atoms with Crippen molar-refractivity contribution in [3.63, 3.8) is 0 Å². The number of methoxy groups -OCH3 is 1. The Bertz CT molecular complexity index is 1010. The van der Waals surface area contributed by atoms with Gasteiger partial charge in [-0.1, -0.05) is 13.0 Å². The van der Waals surface area contributed by atoms with Gasteiger partial charge in [-0.15, -0.1) is 11.8 Å². The zero-order valence-electron chi connectivity index (χ0n) is 18.3. The molecule has 1 unspecified atom stereocenters. The van der Waals surface area contributed by atoms with Crippen LogP contribution in [0.4, 0.5) is 0 Å². The lowest BCUT2D eigenvalue weighted by atomic mass is 10.2.